The molecule has 100 valence electrons. The summed E-state index contributed by atoms with van der Waals surface area (Å²) in [4.78, 5) is 25.6. The number of imidazole rings is 1. The molecule has 18 heavy (non-hydrogen) atoms. The molecule has 0 aliphatic heterocycles. The van der Waals surface area contributed by atoms with Gasteiger partial charge in [-0.3, -0.25) is 0 Å². The standard InChI is InChI=1S/C10H16N4O4/c1-14-5-4-11-8(14)2-3-12-10(18)13-6-7(15)9(16)17/h4-5,7,15H,2-3,6H2,1H3,(H,16,17)(H2,12,13,18). The lowest BCUT2D eigenvalue weighted by Gasteiger charge is -2.09. The van der Waals surface area contributed by atoms with E-state index in [4.69, 9.17) is 10.2 Å². The van der Waals surface area contributed by atoms with Gasteiger partial charge in [-0.2, -0.15) is 0 Å². The van der Waals surface area contributed by atoms with Crippen molar-refractivity contribution in [1.82, 2.24) is 20.2 Å². The van der Waals surface area contributed by atoms with Crippen LogP contribution < -0.4 is 10.6 Å². The van der Waals surface area contributed by atoms with Crippen LogP contribution in [0.5, 0.6) is 0 Å². The predicted octanol–water partition coefficient (Wildman–Crippen LogP) is -1.29. The fraction of sp³-hybridized carbons (Fsp3) is 0.500. The second-order valence-corrected chi connectivity index (χ2v) is 3.70. The van der Waals surface area contributed by atoms with Crippen molar-refractivity contribution >= 4 is 12.0 Å². The molecular weight excluding hydrogens is 240 g/mol. The van der Waals surface area contributed by atoms with Crippen molar-refractivity contribution in [2.24, 2.45) is 7.05 Å². The minimum Gasteiger partial charge on any atom is -0.479 e. The number of aromatic nitrogens is 2. The molecule has 0 saturated carbocycles. The van der Waals surface area contributed by atoms with Crippen LogP contribution >= 0.6 is 0 Å². The number of nitrogens with one attached hydrogen (secondary N) is 2. The molecule has 4 N–H and O–H groups in total. The Morgan fingerprint density at radius 2 is 2.22 bits per heavy atom. The molecule has 1 rings (SSSR count). The van der Waals surface area contributed by atoms with Crippen LogP contribution in [0.4, 0.5) is 4.79 Å². The van der Waals surface area contributed by atoms with Crippen molar-refractivity contribution in [1.29, 1.82) is 0 Å². The second kappa shape index (κ2) is 6.60. The molecule has 2 amide bonds. The third-order valence-corrected chi connectivity index (χ3v) is 2.30. The number of carboxylic acid groups (broad SMARTS) is 1. The molecule has 1 aromatic heterocycles. The SMILES string of the molecule is Cn1ccnc1CCNC(=O)NCC(O)C(=O)O. The Bertz CT molecular complexity index is 418. The highest BCUT2D eigenvalue weighted by Gasteiger charge is 2.13. The van der Waals surface area contributed by atoms with Crippen molar-refractivity contribution in [3.05, 3.63) is 18.2 Å². The van der Waals surface area contributed by atoms with Gasteiger partial charge in [-0.05, 0) is 0 Å². The average Bonchev–Trinajstić information content (AvgIpc) is 2.72. The van der Waals surface area contributed by atoms with Crippen LogP contribution in [-0.2, 0) is 18.3 Å². The Kier molecular flexibility index (Phi) is 5.12. The third-order valence-electron chi connectivity index (χ3n) is 2.30. The molecule has 0 spiro atoms. The predicted molar refractivity (Wildman–Crippen MR) is 62.0 cm³/mol. The second-order valence-electron chi connectivity index (χ2n) is 3.70. The zero-order valence-electron chi connectivity index (χ0n) is 9.96. The molecule has 0 saturated heterocycles. The van der Waals surface area contributed by atoms with Gasteiger partial charge in [0.05, 0.1) is 6.54 Å². The molecule has 0 radical (unpaired) electrons. The molecule has 1 unspecified atom stereocenters. The number of aliphatic hydroxyl groups excluding tert-OH is 1. The summed E-state index contributed by atoms with van der Waals surface area (Å²) in [6.45, 7) is 0.0451. The number of carboxylic acids is 1. The molecular formula is C10H16N4O4. The van der Waals surface area contributed by atoms with E-state index in [1.165, 1.54) is 0 Å². The van der Waals surface area contributed by atoms with E-state index >= 15 is 0 Å². The van der Waals surface area contributed by atoms with Crippen LogP contribution in [-0.4, -0.2) is 51.0 Å². The molecule has 8 nitrogen and oxygen atoms in total. The zero-order valence-corrected chi connectivity index (χ0v) is 9.96. The van der Waals surface area contributed by atoms with Crippen LogP contribution in [0.1, 0.15) is 5.82 Å². The highest BCUT2D eigenvalue weighted by Crippen LogP contribution is 1.93. The minimum absolute atomic E-state index is 0.330. The first-order valence-corrected chi connectivity index (χ1v) is 5.39. The minimum atomic E-state index is -1.59. The average molecular weight is 256 g/mol. The van der Waals surface area contributed by atoms with Crippen molar-refractivity contribution < 1.29 is 19.8 Å². The van der Waals surface area contributed by atoms with Gasteiger partial charge in [-0.15, -0.1) is 0 Å². The maximum atomic E-state index is 11.2. The highest BCUT2D eigenvalue weighted by molar-refractivity contribution is 5.76. The first kappa shape index (κ1) is 14.0. The Hall–Kier alpha value is -2.09. The number of rotatable bonds is 6. The van der Waals surface area contributed by atoms with Crippen LogP contribution in [0.2, 0.25) is 0 Å². The van der Waals surface area contributed by atoms with E-state index in [0.717, 1.165) is 5.82 Å². The fourth-order valence-electron chi connectivity index (χ4n) is 1.26. The van der Waals surface area contributed by atoms with Crippen molar-refractivity contribution in [2.45, 2.75) is 12.5 Å². The summed E-state index contributed by atoms with van der Waals surface area (Å²) in [6, 6.07) is -0.524. The van der Waals surface area contributed by atoms with E-state index in [0.29, 0.717) is 13.0 Å². The Balaban J connectivity index is 2.18. The molecule has 8 heteroatoms. The summed E-state index contributed by atoms with van der Waals surface area (Å²) in [7, 11) is 1.85. The summed E-state index contributed by atoms with van der Waals surface area (Å²) in [5, 5.41) is 22.1. The van der Waals surface area contributed by atoms with E-state index in [1.54, 1.807) is 12.4 Å². The Morgan fingerprint density at radius 1 is 1.50 bits per heavy atom. The largest absolute Gasteiger partial charge is 0.479 e. The lowest BCUT2D eigenvalue weighted by Crippen LogP contribution is -2.42. The number of carbonyl (C=O) groups excluding carboxylic acids is 1. The molecule has 0 bridgehead atoms. The van der Waals surface area contributed by atoms with Gasteiger partial charge in [0.2, 0.25) is 0 Å². The topological polar surface area (TPSA) is 116 Å². The van der Waals surface area contributed by atoms with Crippen LogP contribution in [0.25, 0.3) is 0 Å². The van der Waals surface area contributed by atoms with E-state index in [1.807, 2.05) is 11.6 Å². The number of hydrogen-bond donors (Lipinski definition) is 4. The van der Waals surface area contributed by atoms with Gasteiger partial charge >= 0.3 is 12.0 Å². The molecule has 1 heterocycles. The first-order valence-electron chi connectivity index (χ1n) is 5.39. The van der Waals surface area contributed by atoms with Gasteiger partial charge in [0, 0.05) is 32.4 Å². The number of aliphatic carboxylic acids is 1. The zero-order chi connectivity index (χ0) is 13.5. The maximum absolute atomic E-state index is 11.2. The third kappa shape index (κ3) is 4.42. The number of carbonyl (C=O) groups is 2. The van der Waals surface area contributed by atoms with E-state index in [-0.39, 0.29) is 6.54 Å². The lowest BCUT2D eigenvalue weighted by molar-refractivity contribution is -0.146. The number of urea groups is 1. The molecule has 1 atom stereocenters. The smallest absolute Gasteiger partial charge is 0.334 e. The molecule has 0 aromatic carbocycles. The van der Waals surface area contributed by atoms with Crippen LogP contribution in [0.3, 0.4) is 0 Å². The highest BCUT2D eigenvalue weighted by atomic mass is 16.4. The quantitative estimate of drug-likeness (QED) is 0.505. The number of hydrogen-bond acceptors (Lipinski definition) is 4. The molecule has 0 aliphatic carbocycles. The van der Waals surface area contributed by atoms with Crippen LogP contribution in [0, 0.1) is 0 Å². The van der Waals surface area contributed by atoms with Crippen LogP contribution in [0.15, 0.2) is 12.4 Å². The van der Waals surface area contributed by atoms with Gasteiger partial charge in [0.1, 0.15) is 5.82 Å². The summed E-state index contributed by atoms with van der Waals surface area (Å²) in [5.41, 5.74) is 0. The molecule has 0 aliphatic rings. The summed E-state index contributed by atoms with van der Waals surface area (Å²) >= 11 is 0. The van der Waals surface area contributed by atoms with Gasteiger partial charge in [0.15, 0.2) is 6.10 Å². The summed E-state index contributed by atoms with van der Waals surface area (Å²) < 4.78 is 1.84. The monoisotopic (exact) mass is 256 g/mol. The van der Waals surface area contributed by atoms with Gasteiger partial charge in [-0.25, -0.2) is 14.6 Å². The number of nitrogens with zero attached hydrogens (tertiary/aromatic N) is 2. The van der Waals surface area contributed by atoms with Gasteiger partial charge < -0.3 is 25.4 Å². The lowest BCUT2D eigenvalue weighted by atomic mass is 10.3. The van der Waals surface area contributed by atoms with E-state index in [2.05, 4.69) is 15.6 Å². The number of aliphatic hydroxyl groups is 1. The molecule has 1 aromatic rings. The Labute approximate surface area is 104 Å². The first-order chi connectivity index (χ1) is 8.50. The van der Waals surface area contributed by atoms with E-state index in [9.17, 15) is 9.59 Å². The number of aryl methyl sites for hydroxylation is 1. The van der Waals surface area contributed by atoms with Crippen molar-refractivity contribution in [3.63, 3.8) is 0 Å². The van der Waals surface area contributed by atoms with Crippen molar-refractivity contribution in [3.8, 4) is 0 Å². The van der Waals surface area contributed by atoms with E-state index < -0.39 is 18.1 Å². The van der Waals surface area contributed by atoms with Gasteiger partial charge in [0.25, 0.3) is 0 Å². The fourth-order valence-corrected chi connectivity index (χ4v) is 1.26. The summed E-state index contributed by atoms with van der Waals surface area (Å²) in [6.07, 6.45) is 2.45. The van der Waals surface area contributed by atoms with Gasteiger partial charge in [-0.1, -0.05) is 0 Å². The number of amides is 2. The maximum Gasteiger partial charge on any atom is 0.334 e. The normalized spacial score (nSPS) is 11.9. The Morgan fingerprint density at radius 3 is 2.78 bits per heavy atom. The molecule has 0 fully saturated rings. The summed E-state index contributed by atoms with van der Waals surface area (Å²) in [5.74, 6) is -0.538. The van der Waals surface area contributed by atoms with Crippen molar-refractivity contribution in [2.75, 3.05) is 13.1 Å².